The molecule has 2 aliphatic rings. The van der Waals surface area contributed by atoms with Crippen LogP contribution in [-0.2, 0) is 15.6 Å². The fourth-order valence-electron chi connectivity index (χ4n) is 6.95. The van der Waals surface area contributed by atoms with E-state index in [1.165, 1.54) is 11.0 Å². The molecule has 6 rings (SSSR count). The van der Waals surface area contributed by atoms with Gasteiger partial charge in [-0.05, 0) is 97.2 Å². The highest BCUT2D eigenvalue weighted by molar-refractivity contribution is 6.42. The van der Waals surface area contributed by atoms with Gasteiger partial charge >= 0.3 is 0 Å². The third-order valence-corrected chi connectivity index (χ3v) is 10.4. The molecule has 1 atom stereocenters. The normalized spacial score (nSPS) is 19.6. The average molecular weight is 665 g/mol. The number of benzene rings is 3. The molecule has 3 aromatic carbocycles. The van der Waals surface area contributed by atoms with Gasteiger partial charge in [0.1, 0.15) is 12.1 Å². The van der Waals surface area contributed by atoms with Gasteiger partial charge in [-0.25, -0.2) is 10.2 Å². The Bertz CT molecular complexity index is 1700. The van der Waals surface area contributed by atoms with Crippen LogP contribution < -0.4 is 10.2 Å². The molecule has 13 heteroatoms. The number of nitrogens with zero attached hydrogens (tertiary/aromatic N) is 6. The second-order valence-electron chi connectivity index (χ2n) is 12.0. The lowest BCUT2D eigenvalue weighted by atomic mass is 9.71. The summed E-state index contributed by atoms with van der Waals surface area (Å²) in [5.41, 5.74) is 3.75. The monoisotopic (exact) mass is 663 g/mol. The Balaban J connectivity index is 1.23. The van der Waals surface area contributed by atoms with E-state index in [4.69, 9.17) is 27.9 Å². The molecule has 0 spiro atoms. The smallest absolute Gasteiger partial charge is 0.257 e. The summed E-state index contributed by atoms with van der Waals surface area (Å²) in [5, 5.41) is 21.9. The van der Waals surface area contributed by atoms with Gasteiger partial charge in [0, 0.05) is 18.5 Å². The Morgan fingerprint density at radius 2 is 1.74 bits per heavy atom. The summed E-state index contributed by atoms with van der Waals surface area (Å²) in [5.74, 6) is -0.0551. The van der Waals surface area contributed by atoms with Crippen molar-refractivity contribution in [1.29, 1.82) is 0 Å². The molecule has 0 saturated carbocycles. The number of nitrogens with one attached hydrogen (secondary N) is 1. The summed E-state index contributed by atoms with van der Waals surface area (Å²) in [6.45, 7) is 3.15. The van der Waals surface area contributed by atoms with Gasteiger partial charge in [-0.1, -0.05) is 59.6 Å². The molecule has 11 nitrogen and oxygen atoms in total. The van der Waals surface area contributed by atoms with Crippen molar-refractivity contribution in [2.75, 3.05) is 39.8 Å². The van der Waals surface area contributed by atoms with Crippen LogP contribution in [0.25, 0.3) is 5.69 Å². The van der Waals surface area contributed by atoms with Gasteiger partial charge in [-0.2, -0.15) is 0 Å². The van der Waals surface area contributed by atoms with Gasteiger partial charge in [0.05, 0.1) is 33.8 Å². The molecule has 1 unspecified atom stereocenters. The topological polar surface area (TPSA) is 126 Å². The van der Waals surface area contributed by atoms with Gasteiger partial charge in [0.2, 0.25) is 0 Å². The van der Waals surface area contributed by atoms with E-state index >= 15 is 0 Å². The third kappa shape index (κ3) is 6.07. The number of aromatic nitrogens is 4. The number of hydroxylamine groups is 1. The Kier molecular flexibility index (Phi) is 9.28. The average Bonchev–Trinajstić information content (AvgIpc) is 3.80. The number of hydrogen-bond acceptors (Lipinski definition) is 8. The van der Waals surface area contributed by atoms with Crippen molar-refractivity contribution in [1.82, 2.24) is 35.5 Å². The molecule has 0 radical (unpaired) electrons. The van der Waals surface area contributed by atoms with E-state index in [1.54, 1.807) is 25.3 Å². The number of tetrazole rings is 1. The Labute approximate surface area is 277 Å². The SMILES string of the molecule is COc1ccc(-n2cnnn2)cc1C(=O)N1CCC(CCN2CCC(C(=O)NO)(c3ccccc3)CC2)(c2ccc(Cl)c(Cl)c2)C1. The van der Waals surface area contributed by atoms with Crippen LogP contribution in [-0.4, -0.2) is 86.9 Å². The summed E-state index contributed by atoms with van der Waals surface area (Å²) in [6, 6.07) is 20.7. The highest BCUT2D eigenvalue weighted by atomic mass is 35.5. The first-order valence-electron chi connectivity index (χ1n) is 15.2. The third-order valence-electron chi connectivity index (χ3n) is 9.68. The molecule has 3 heterocycles. The summed E-state index contributed by atoms with van der Waals surface area (Å²) in [7, 11) is 1.54. The predicted molar refractivity (Wildman–Crippen MR) is 173 cm³/mol. The Morgan fingerprint density at radius 1 is 0.957 bits per heavy atom. The fraction of sp³-hybridized carbons (Fsp3) is 0.364. The van der Waals surface area contributed by atoms with Gasteiger partial charge in [0.15, 0.2) is 0 Å². The number of carbonyl (C=O) groups excluding carboxylic acids is 2. The van der Waals surface area contributed by atoms with Crippen molar-refractivity contribution in [3.05, 3.63) is 99.8 Å². The molecule has 2 fully saturated rings. The molecule has 2 aliphatic heterocycles. The highest BCUT2D eigenvalue weighted by Crippen LogP contribution is 2.42. The minimum absolute atomic E-state index is 0.144. The molecule has 4 aromatic rings. The molecule has 0 aliphatic carbocycles. The number of hydrogen-bond donors (Lipinski definition) is 2. The summed E-state index contributed by atoms with van der Waals surface area (Å²) in [6.07, 6.45) is 4.12. The van der Waals surface area contributed by atoms with Gasteiger partial charge in [0.25, 0.3) is 11.8 Å². The van der Waals surface area contributed by atoms with Crippen molar-refractivity contribution in [2.24, 2.45) is 0 Å². The quantitative estimate of drug-likeness (QED) is 0.195. The number of piperidine rings is 1. The van der Waals surface area contributed by atoms with Crippen molar-refractivity contribution in [2.45, 2.75) is 36.5 Å². The van der Waals surface area contributed by atoms with E-state index in [0.717, 1.165) is 30.5 Å². The Morgan fingerprint density at radius 3 is 2.41 bits per heavy atom. The number of methoxy groups -OCH3 is 1. The minimum Gasteiger partial charge on any atom is -0.496 e. The second kappa shape index (κ2) is 13.4. The zero-order chi connectivity index (χ0) is 32.3. The Hall–Kier alpha value is -4.03. The number of likely N-dealkylation sites (tertiary alicyclic amines) is 2. The summed E-state index contributed by atoms with van der Waals surface area (Å²) >= 11 is 12.8. The number of amides is 2. The van der Waals surface area contributed by atoms with Crippen LogP contribution in [0.3, 0.4) is 0 Å². The van der Waals surface area contributed by atoms with Crippen LogP contribution in [0.15, 0.2) is 73.1 Å². The first kappa shape index (κ1) is 31.9. The van der Waals surface area contributed by atoms with Crippen molar-refractivity contribution < 1.29 is 19.5 Å². The fourth-order valence-corrected chi connectivity index (χ4v) is 7.25. The van der Waals surface area contributed by atoms with E-state index in [1.807, 2.05) is 58.9 Å². The van der Waals surface area contributed by atoms with Gasteiger partial charge in [-0.3, -0.25) is 14.8 Å². The van der Waals surface area contributed by atoms with E-state index in [2.05, 4.69) is 20.4 Å². The van der Waals surface area contributed by atoms with Gasteiger partial charge in [-0.15, -0.1) is 5.10 Å². The van der Waals surface area contributed by atoms with Crippen LogP contribution >= 0.6 is 23.2 Å². The zero-order valence-corrected chi connectivity index (χ0v) is 26.9. The number of rotatable bonds is 9. The molecule has 2 amide bonds. The largest absolute Gasteiger partial charge is 0.496 e. The van der Waals surface area contributed by atoms with E-state index in [9.17, 15) is 14.8 Å². The van der Waals surface area contributed by atoms with Crippen molar-refractivity contribution >= 4 is 35.0 Å². The predicted octanol–water partition coefficient (Wildman–Crippen LogP) is 4.69. The molecule has 46 heavy (non-hydrogen) atoms. The zero-order valence-electron chi connectivity index (χ0n) is 25.4. The van der Waals surface area contributed by atoms with E-state index in [0.29, 0.717) is 66.1 Å². The van der Waals surface area contributed by atoms with Crippen LogP contribution in [0.4, 0.5) is 0 Å². The maximum absolute atomic E-state index is 14.1. The van der Waals surface area contributed by atoms with Crippen LogP contribution in [0.5, 0.6) is 5.75 Å². The number of ether oxygens (including phenoxy) is 1. The number of carbonyl (C=O) groups is 2. The second-order valence-corrected chi connectivity index (χ2v) is 12.8. The maximum atomic E-state index is 14.1. The van der Waals surface area contributed by atoms with Crippen LogP contribution in [0.2, 0.25) is 10.0 Å². The lowest BCUT2D eigenvalue weighted by molar-refractivity contribution is -0.137. The molecule has 1 aromatic heterocycles. The lowest BCUT2D eigenvalue weighted by Gasteiger charge is -2.41. The lowest BCUT2D eigenvalue weighted by Crippen LogP contribution is -2.51. The molecular weight excluding hydrogens is 629 g/mol. The van der Waals surface area contributed by atoms with Gasteiger partial charge < -0.3 is 14.5 Å². The first-order chi connectivity index (χ1) is 22.3. The molecule has 240 valence electrons. The van der Waals surface area contributed by atoms with Crippen LogP contribution in [0, 0.1) is 0 Å². The molecule has 0 bridgehead atoms. The van der Waals surface area contributed by atoms with E-state index < -0.39 is 5.41 Å². The minimum atomic E-state index is -0.791. The first-order valence-corrected chi connectivity index (χ1v) is 15.9. The van der Waals surface area contributed by atoms with Crippen molar-refractivity contribution in [3.63, 3.8) is 0 Å². The standard InChI is InChI=1S/C33H35Cl2N7O4/c1-46-29-10-8-25(42-22-36-38-39-42)20-26(29)30(43)41-18-12-32(21-41,24-7-9-27(34)28(35)19-24)11-15-40-16-13-33(14-17-40,31(44)37-45)23-5-3-2-4-6-23/h2-10,19-20,22,45H,11-18,21H2,1H3,(H,37,44). The molecule has 2 N–H and O–H groups in total. The molecule has 2 saturated heterocycles. The highest BCUT2D eigenvalue weighted by Gasteiger charge is 2.45. The number of halogens is 2. The summed E-state index contributed by atoms with van der Waals surface area (Å²) in [4.78, 5) is 31.2. The van der Waals surface area contributed by atoms with Crippen molar-refractivity contribution in [3.8, 4) is 11.4 Å². The maximum Gasteiger partial charge on any atom is 0.257 e. The molecular formula is C33H35Cl2N7O4. The van der Waals surface area contributed by atoms with E-state index in [-0.39, 0.29) is 17.2 Å². The summed E-state index contributed by atoms with van der Waals surface area (Å²) < 4.78 is 7.07. The van der Waals surface area contributed by atoms with Crippen LogP contribution in [0.1, 0.15) is 47.2 Å².